The van der Waals surface area contributed by atoms with Crippen LogP contribution in [-0.4, -0.2) is 40.4 Å². The highest BCUT2D eigenvalue weighted by Gasteiger charge is 2.46. The molecule has 0 spiro atoms. The van der Waals surface area contributed by atoms with Crippen molar-refractivity contribution in [3.8, 4) is 11.5 Å². The molecule has 0 radical (unpaired) electrons. The third-order valence-corrected chi connectivity index (χ3v) is 5.65. The van der Waals surface area contributed by atoms with Gasteiger partial charge in [0.1, 0.15) is 17.3 Å². The molecular weight excluding hydrogens is 432 g/mol. The maximum atomic E-state index is 13.2. The Balaban J connectivity index is 1.79. The molecule has 2 aromatic carbocycles. The van der Waals surface area contributed by atoms with E-state index >= 15 is 0 Å². The quantitative estimate of drug-likeness (QED) is 0.304. The minimum absolute atomic E-state index is 0.0429. The van der Waals surface area contributed by atoms with Crippen molar-refractivity contribution >= 4 is 17.4 Å². The number of ether oxygens (including phenoxy) is 2. The van der Waals surface area contributed by atoms with E-state index in [4.69, 9.17) is 9.47 Å². The first-order chi connectivity index (χ1) is 16.5. The largest absolute Gasteiger partial charge is 0.507 e. The van der Waals surface area contributed by atoms with Crippen LogP contribution in [0.4, 0.5) is 0 Å². The number of pyridine rings is 1. The second-order valence-electron chi connectivity index (χ2n) is 7.93. The number of amides is 1. The van der Waals surface area contributed by atoms with Crippen LogP contribution in [0, 0.1) is 0 Å². The average molecular weight is 459 g/mol. The van der Waals surface area contributed by atoms with Crippen molar-refractivity contribution in [2.75, 3.05) is 13.7 Å². The molecule has 1 aromatic heterocycles. The lowest BCUT2D eigenvalue weighted by Crippen LogP contribution is -2.29. The zero-order valence-corrected chi connectivity index (χ0v) is 19.1. The Morgan fingerprint density at radius 3 is 2.35 bits per heavy atom. The zero-order valence-electron chi connectivity index (χ0n) is 19.1. The fourth-order valence-corrected chi connectivity index (χ4v) is 3.95. The number of aliphatic hydroxyl groups is 1. The molecule has 4 rings (SSSR count). The van der Waals surface area contributed by atoms with Crippen LogP contribution >= 0.6 is 0 Å². The second-order valence-corrected chi connectivity index (χ2v) is 7.93. The summed E-state index contributed by atoms with van der Waals surface area (Å²) in [5.74, 6) is -0.312. The van der Waals surface area contributed by atoms with Gasteiger partial charge in [-0.05, 0) is 60.0 Å². The third-order valence-electron chi connectivity index (χ3n) is 5.65. The highest BCUT2D eigenvalue weighted by atomic mass is 16.5. The number of nitrogens with zero attached hydrogens (tertiary/aromatic N) is 2. The summed E-state index contributed by atoms with van der Waals surface area (Å²) in [6, 6.07) is 16.8. The number of likely N-dealkylation sites (tertiary alicyclic amines) is 1. The molecule has 0 saturated carbocycles. The minimum Gasteiger partial charge on any atom is -0.507 e. The summed E-state index contributed by atoms with van der Waals surface area (Å²) < 4.78 is 10.9. The van der Waals surface area contributed by atoms with Crippen LogP contribution in [-0.2, 0) is 16.1 Å². The van der Waals surface area contributed by atoms with Gasteiger partial charge < -0.3 is 19.5 Å². The molecule has 174 valence electrons. The van der Waals surface area contributed by atoms with Crippen LogP contribution in [0.3, 0.4) is 0 Å². The molecule has 0 unspecified atom stereocenters. The molecule has 1 aliphatic heterocycles. The first-order valence-corrected chi connectivity index (χ1v) is 11.1. The van der Waals surface area contributed by atoms with Crippen molar-refractivity contribution in [2.45, 2.75) is 25.9 Å². The van der Waals surface area contributed by atoms with Gasteiger partial charge in [0, 0.05) is 24.5 Å². The zero-order chi connectivity index (χ0) is 24.1. The van der Waals surface area contributed by atoms with Gasteiger partial charge in [0.25, 0.3) is 11.7 Å². The van der Waals surface area contributed by atoms with Crippen molar-refractivity contribution in [3.05, 3.63) is 95.3 Å². The number of Topliss-reactive ketones (excluding diaryl/α,β-unsaturated/α-hetero) is 1. The van der Waals surface area contributed by atoms with Gasteiger partial charge in [-0.25, -0.2) is 0 Å². The lowest BCUT2D eigenvalue weighted by molar-refractivity contribution is -0.140. The molecular formula is C27H26N2O5. The summed E-state index contributed by atoms with van der Waals surface area (Å²) in [6.45, 7) is 2.80. The maximum absolute atomic E-state index is 13.2. The molecule has 1 aliphatic rings. The molecule has 7 heteroatoms. The molecule has 0 aliphatic carbocycles. The van der Waals surface area contributed by atoms with Crippen molar-refractivity contribution in [3.63, 3.8) is 0 Å². The first-order valence-electron chi connectivity index (χ1n) is 11.1. The molecule has 2 heterocycles. The Hall–Kier alpha value is -4.13. The summed E-state index contributed by atoms with van der Waals surface area (Å²) >= 11 is 0. The average Bonchev–Trinajstić information content (AvgIpc) is 3.13. The van der Waals surface area contributed by atoms with Gasteiger partial charge in [0.15, 0.2) is 0 Å². The molecule has 1 amide bonds. The van der Waals surface area contributed by atoms with E-state index in [-0.39, 0.29) is 17.9 Å². The Kier molecular flexibility index (Phi) is 6.92. The number of ketones is 1. The van der Waals surface area contributed by atoms with Gasteiger partial charge in [0.05, 0.1) is 25.3 Å². The molecule has 3 aromatic rings. The summed E-state index contributed by atoms with van der Waals surface area (Å²) in [5.41, 5.74) is 1.94. The van der Waals surface area contributed by atoms with Crippen LogP contribution < -0.4 is 9.47 Å². The van der Waals surface area contributed by atoms with Crippen molar-refractivity contribution in [2.24, 2.45) is 0 Å². The maximum Gasteiger partial charge on any atom is 0.295 e. The standard InChI is InChI=1S/C27H26N2O5/c1-3-15-34-22-12-6-19(7-13-22)24-23(25(30)20-8-10-21(33-2)11-9-20)26(31)27(32)29(24)17-18-5-4-14-28-16-18/h4-14,16,24,30H,3,15,17H2,1-2H3/b25-23+/t24-/m0/s1. The highest BCUT2D eigenvalue weighted by molar-refractivity contribution is 6.46. The normalized spacial score (nSPS) is 17.1. The SMILES string of the molecule is CCCOc1ccc([C@H]2/C(=C(\O)c3ccc(OC)cc3)C(=O)C(=O)N2Cc2cccnc2)cc1. The molecule has 7 nitrogen and oxygen atoms in total. The number of carbonyl (C=O) groups excluding carboxylic acids is 2. The van der Waals surface area contributed by atoms with Crippen molar-refractivity contribution in [1.82, 2.24) is 9.88 Å². The van der Waals surface area contributed by atoms with E-state index in [2.05, 4.69) is 4.98 Å². The number of aromatic nitrogens is 1. The lowest BCUT2D eigenvalue weighted by atomic mass is 9.95. The number of carbonyl (C=O) groups is 2. The fraction of sp³-hybridized carbons (Fsp3) is 0.222. The number of methoxy groups -OCH3 is 1. The number of benzene rings is 2. The molecule has 1 fully saturated rings. The van der Waals surface area contributed by atoms with E-state index in [1.165, 1.54) is 4.90 Å². The van der Waals surface area contributed by atoms with Gasteiger partial charge >= 0.3 is 0 Å². The van der Waals surface area contributed by atoms with Gasteiger partial charge in [0.2, 0.25) is 0 Å². The van der Waals surface area contributed by atoms with Crippen LogP contribution in [0.25, 0.3) is 5.76 Å². The Labute approximate surface area is 198 Å². The van der Waals surface area contributed by atoms with Gasteiger partial charge in [-0.2, -0.15) is 0 Å². The van der Waals surface area contributed by atoms with E-state index in [9.17, 15) is 14.7 Å². The monoisotopic (exact) mass is 458 g/mol. The summed E-state index contributed by atoms with van der Waals surface area (Å²) in [7, 11) is 1.55. The third kappa shape index (κ3) is 4.64. The van der Waals surface area contributed by atoms with E-state index < -0.39 is 17.7 Å². The summed E-state index contributed by atoms with van der Waals surface area (Å²) in [4.78, 5) is 31.9. The summed E-state index contributed by atoms with van der Waals surface area (Å²) in [6.07, 6.45) is 4.18. The van der Waals surface area contributed by atoms with E-state index in [1.807, 2.05) is 37.3 Å². The van der Waals surface area contributed by atoms with E-state index in [1.54, 1.807) is 49.8 Å². The predicted octanol–water partition coefficient (Wildman–Crippen LogP) is 4.50. The first kappa shape index (κ1) is 23.0. The fourth-order valence-electron chi connectivity index (χ4n) is 3.95. The molecule has 1 atom stereocenters. The summed E-state index contributed by atoms with van der Waals surface area (Å²) in [5, 5.41) is 11.2. The second kappa shape index (κ2) is 10.2. The van der Waals surface area contributed by atoms with Crippen molar-refractivity contribution < 1.29 is 24.2 Å². The number of hydrogen-bond acceptors (Lipinski definition) is 6. The van der Waals surface area contributed by atoms with E-state index in [0.717, 1.165) is 12.0 Å². The number of aliphatic hydroxyl groups excluding tert-OH is 1. The minimum atomic E-state index is -0.762. The number of hydrogen-bond donors (Lipinski definition) is 1. The molecule has 1 N–H and O–H groups in total. The number of rotatable bonds is 8. The molecule has 0 bridgehead atoms. The van der Waals surface area contributed by atoms with Crippen molar-refractivity contribution in [1.29, 1.82) is 0 Å². The smallest absolute Gasteiger partial charge is 0.295 e. The van der Waals surface area contributed by atoms with E-state index in [0.29, 0.717) is 29.2 Å². The highest BCUT2D eigenvalue weighted by Crippen LogP contribution is 2.40. The molecule has 34 heavy (non-hydrogen) atoms. The van der Waals surface area contributed by atoms with Crippen LogP contribution in [0.1, 0.15) is 36.1 Å². The van der Waals surface area contributed by atoms with Crippen LogP contribution in [0.15, 0.2) is 78.6 Å². The van der Waals surface area contributed by atoms with Gasteiger partial charge in [-0.3, -0.25) is 14.6 Å². The van der Waals surface area contributed by atoms with Gasteiger partial charge in [-0.15, -0.1) is 0 Å². The Bertz CT molecular complexity index is 1190. The Morgan fingerprint density at radius 1 is 1.03 bits per heavy atom. The Morgan fingerprint density at radius 2 is 1.74 bits per heavy atom. The predicted molar refractivity (Wildman–Crippen MR) is 127 cm³/mol. The topological polar surface area (TPSA) is 89.0 Å². The lowest BCUT2D eigenvalue weighted by Gasteiger charge is -2.25. The van der Waals surface area contributed by atoms with Gasteiger partial charge in [-0.1, -0.05) is 25.1 Å². The van der Waals surface area contributed by atoms with Crippen LogP contribution in [0.5, 0.6) is 11.5 Å². The molecule has 1 saturated heterocycles. The van der Waals surface area contributed by atoms with Crippen LogP contribution in [0.2, 0.25) is 0 Å².